The zero-order valence-corrected chi connectivity index (χ0v) is 11.6. The number of ketones is 1. The maximum absolute atomic E-state index is 12.0. The van der Waals surface area contributed by atoms with Gasteiger partial charge in [0.25, 0.3) is 0 Å². The highest BCUT2D eigenvalue weighted by Crippen LogP contribution is 2.23. The van der Waals surface area contributed by atoms with E-state index in [9.17, 15) is 14.4 Å². The minimum absolute atomic E-state index is 0.00234. The SMILES string of the molecule is CCC(=O)CC[C@H](NC(=O)C1CCCCC1)C(N)=O. The molecule has 2 amide bonds. The minimum Gasteiger partial charge on any atom is -0.368 e. The highest BCUT2D eigenvalue weighted by molar-refractivity contribution is 5.88. The van der Waals surface area contributed by atoms with Crippen molar-refractivity contribution in [3.8, 4) is 0 Å². The van der Waals surface area contributed by atoms with Gasteiger partial charge in [0.15, 0.2) is 0 Å². The van der Waals surface area contributed by atoms with Crippen LogP contribution in [0.4, 0.5) is 0 Å². The molecule has 108 valence electrons. The van der Waals surface area contributed by atoms with E-state index in [0.29, 0.717) is 12.8 Å². The zero-order chi connectivity index (χ0) is 14.3. The molecule has 0 radical (unpaired) electrons. The molecule has 5 nitrogen and oxygen atoms in total. The van der Waals surface area contributed by atoms with Crippen LogP contribution in [0.3, 0.4) is 0 Å². The fourth-order valence-electron chi connectivity index (χ4n) is 2.42. The van der Waals surface area contributed by atoms with Crippen LogP contribution >= 0.6 is 0 Å². The molecule has 1 aliphatic carbocycles. The molecule has 1 aliphatic rings. The molecule has 1 rings (SSSR count). The Bertz CT molecular complexity index is 336. The fraction of sp³-hybridized carbons (Fsp3) is 0.786. The largest absolute Gasteiger partial charge is 0.368 e. The second kappa shape index (κ2) is 7.92. The van der Waals surface area contributed by atoms with Gasteiger partial charge in [0.2, 0.25) is 11.8 Å². The average Bonchev–Trinajstić information content (AvgIpc) is 2.43. The third kappa shape index (κ3) is 5.41. The van der Waals surface area contributed by atoms with Crippen LogP contribution in [-0.4, -0.2) is 23.6 Å². The molecule has 0 aliphatic heterocycles. The van der Waals surface area contributed by atoms with E-state index in [1.165, 1.54) is 6.42 Å². The Morgan fingerprint density at radius 2 is 1.84 bits per heavy atom. The van der Waals surface area contributed by atoms with Gasteiger partial charge in [-0.2, -0.15) is 0 Å². The first-order valence-corrected chi connectivity index (χ1v) is 7.16. The highest BCUT2D eigenvalue weighted by Gasteiger charge is 2.25. The topological polar surface area (TPSA) is 89.3 Å². The molecular formula is C14H24N2O3. The molecule has 0 saturated heterocycles. The number of Topliss-reactive ketones (excluding diaryl/α,β-unsaturated/α-hetero) is 1. The Labute approximate surface area is 114 Å². The van der Waals surface area contributed by atoms with Gasteiger partial charge in [0, 0.05) is 18.8 Å². The van der Waals surface area contributed by atoms with Gasteiger partial charge in [-0.25, -0.2) is 0 Å². The van der Waals surface area contributed by atoms with E-state index in [0.717, 1.165) is 25.7 Å². The zero-order valence-electron chi connectivity index (χ0n) is 11.6. The van der Waals surface area contributed by atoms with Crippen LogP contribution in [0.15, 0.2) is 0 Å². The second-order valence-corrected chi connectivity index (χ2v) is 5.23. The van der Waals surface area contributed by atoms with Crippen molar-refractivity contribution in [1.29, 1.82) is 0 Å². The first-order chi connectivity index (χ1) is 9.04. The molecule has 0 unspecified atom stereocenters. The van der Waals surface area contributed by atoms with E-state index in [4.69, 9.17) is 5.73 Å². The number of amides is 2. The van der Waals surface area contributed by atoms with Crippen molar-refractivity contribution in [1.82, 2.24) is 5.32 Å². The first-order valence-electron chi connectivity index (χ1n) is 7.16. The minimum atomic E-state index is -0.718. The second-order valence-electron chi connectivity index (χ2n) is 5.23. The maximum Gasteiger partial charge on any atom is 0.240 e. The number of nitrogens with one attached hydrogen (secondary N) is 1. The summed E-state index contributed by atoms with van der Waals surface area (Å²) in [5.74, 6) is -0.573. The molecule has 1 saturated carbocycles. The Balaban J connectivity index is 2.45. The third-order valence-electron chi connectivity index (χ3n) is 3.74. The number of nitrogens with two attached hydrogens (primary N) is 1. The summed E-state index contributed by atoms with van der Waals surface area (Å²) in [4.78, 5) is 34.6. The molecule has 1 atom stereocenters. The van der Waals surface area contributed by atoms with Gasteiger partial charge in [0.1, 0.15) is 11.8 Å². The summed E-state index contributed by atoms with van der Waals surface area (Å²) in [5, 5.41) is 2.70. The summed E-state index contributed by atoms with van der Waals surface area (Å²) in [6, 6.07) is -0.718. The molecule has 1 fully saturated rings. The van der Waals surface area contributed by atoms with Crippen molar-refractivity contribution < 1.29 is 14.4 Å². The van der Waals surface area contributed by atoms with Gasteiger partial charge in [-0.05, 0) is 19.3 Å². The third-order valence-corrected chi connectivity index (χ3v) is 3.74. The van der Waals surface area contributed by atoms with E-state index < -0.39 is 11.9 Å². The summed E-state index contributed by atoms with van der Waals surface area (Å²) in [7, 11) is 0. The molecule has 3 N–H and O–H groups in total. The first kappa shape index (κ1) is 15.7. The molecule has 0 aromatic rings. The van der Waals surface area contributed by atoms with E-state index in [1.54, 1.807) is 6.92 Å². The van der Waals surface area contributed by atoms with Crippen LogP contribution in [0.5, 0.6) is 0 Å². The standard InChI is InChI=1S/C14H24N2O3/c1-2-11(17)8-9-12(13(15)18)16-14(19)10-6-4-3-5-7-10/h10,12H,2-9H2,1H3,(H2,15,18)(H,16,19)/t12-/m0/s1. The summed E-state index contributed by atoms with van der Waals surface area (Å²) in [6.07, 6.45) is 6.10. The monoisotopic (exact) mass is 268 g/mol. The summed E-state index contributed by atoms with van der Waals surface area (Å²) in [5.41, 5.74) is 5.28. The van der Waals surface area contributed by atoms with Crippen molar-refractivity contribution in [3.63, 3.8) is 0 Å². The Morgan fingerprint density at radius 1 is 1.21 bits per heavy atom. The van der Waals surface area contributed by atoms with Gasteiger partial charge in [0.05, 0.1) is 0 Å². The maximum atomic E-state index is 12.0. The van der Waals surface area contributed by atoms with E-state index in [1.807, 2.05) is 0 Å². The van der Waals surface area contributed by atoms with Gasteiger partial charge in [-0.15, -0.1) is 0 Å². The lowest BCUT2D eigenvalue weighted by molar-refractivity contribution is -0.131. The number of primary amides is 1. The molecule has 0 aromatic carbocycles. The number of hydrogen-bond donors (Lipinski definition) is 2. The van der Waals surface area contributed by atoms with Crippen LogP contribution < -0.4 is 11.1 Å². The van der Waals surface area contributed by atoms with E-state index >= 15 is 0 Å². The quantitative estimate of drug-likeness (QED) is 0.729. The summed E-state index contributed by atoms with van der Waals surface area (Å²) in [6.45, 7) is 1.78. The number of carbonyl (C=O) groups excluding carboxylic acids is 3. The van der Waals surface area contributed by atoms with Gasteiger partial charge in [-0.3, -0.25) is 14.4 Å². The van der Waals surface area contributed by atoms with Crippen LogP contribution in [0.2, 0.25) is 0 Å². The predicted octanol–water partition coefficient (Wildman–Crippen LogP) is 1.30. The van der Waals surface area contributed by atoms with Gasteiger partial charge >= 0.3 is 0 Å². The molecule has 0 bridgehead atoms. The molecule has 0 heterocycles. The number of rotatable bonds is 7. The van der Waals surface area contributed by atoms with Gasteiger partial charge < -0.3 is 11.1 Å². The summed E-state index contributed by atoms with van der Waals surface area (Å²) < 4.78 is 0. The van der Waals surface area contributed by atoms with Crippen molar-refractivity contribution in [2.45, 2.75) is 64.3 Å². The van der Waals surface area contributed by atoms with E-state index in [2.05, 4.69) is 5.32 Å². The molecular weight excluding hydrogens is 244 g/mol. The van der Waals surface area contributed by atoms with Crippen LogP contribution in [0.25, 0.3) is 0 Å². The highest BCUT2D eigenvalue weighted by atomic mass is 16.2. The fourth-order valence-corrected chi connectivity index (χ4v) is 2.42. The van der Waals surface area contributed by atoms with Crippen molar-refractivity contribution in [2.75, 3.05) is 0 Å². The Hall–Kier alpha value is -1.39. The average molecular weight is 268 g/mol. The predicted molar refractivity (Wildman–Crippen MR) is 72.2 cm³/mol. The lowest BCUT2D eigenvalue weighted by Crippen LogP contribution is -2.47. The van der Waals surface area contributed by atoms with Gasteiger partial charge in [-0.1, -0.05) is 26.2 Å². The number of hydrogen-bond acceptors (Lipinski definition) is 3. The van der Waals surface area contributed by atoms with Crippen molar-refractivity contribution >= 4 is 17.6 Å². The Kier molecular flexibility index (Phi) is 6.53. The molecule has 5 heteroatoms. The molecule has 19 heavy (non-hydrogen) atoms. The normalized spacial score (nSPS) is 17.7. The van der Waals surface area contributed by atoms with Crippen molar-refractivity contribution in [3.05, 3.63) is 0 Å². The number of carbonyl (C=O) groups is 3. The smallest absolute Gasteiger partial charge is 0.240 e. The van der Waals surface area contributed by atoms with Crippen LogP contribution in [-0.2, 0) is 14.4 Å². The lowest BCUT2D eigenvalue weighted by atomic mass is 9.88. The molecule has 0 spiro atoms. The van der Waals surface area contributed by atoms with Crippen molar-refractivity contribution in [2.24, 2.45) is 11.7 Å². The van der Waals surface area contributed by atoms with Crippen LogP contribution in [0.1, 0.15) is 58.3 Å². The van der Waals surface area contributed by atoms with E-state index in [-0.39, 0.29) is 24.0 Å². The van der Waals surface area contributed by atoms with Crippen LogP contribution in [0, 0.1) is 5.92 Å². The lowest BCUT2D eigenvalue weighted by Gasteiger charge is -2.23. The Morgan fingerprint density at radius 3 is 2.37 bits per heavy atom. The molecule has 0 aromatic heterocycles. The summed E-state index contributed by atoms with van der Waals surface area (Å²) >= 11 is 0.